The number of aryl methyl sites for hydroxylation is 1. The number of thiazole rings is 1. The predicted octanol–water partition coefficient (Wildman–Crippen LogP) is 3.36. The van der Waals surface area contributed by atoms with Gasteiger partial charge in [-0.2, -0.15) is 0 Å². The summed E-state index contributed by atoms with van der Waals surface area (Å²) < 4.78 is 0. The van der Waals surface area contributed by atoms with E-state index in [4.69, 9.17) is 11.6 Å². The van der Waals surface area contributed by atoms with Gasteiger partial charge in [-0.1, -0.05) is 23.7 Å². The highest BCUT2D eigenvalue weighted by atomic mass is 35.5. The highest BCUT2D eigenvalue weighted by Crippen LogP contribution is 2.28. The molecule has 3 rings (SSSR count). The van der Waals surface area contributed by atoms with Crippen LogP contribution in [0.2, 0.25) is 5.02 Å². The van der Waals surface area contributed by atoms with Crippen LogP contribution < -0.4 is 0 Å². The van der Waals surface area contributed by atoms with Crippen LogP contribution in [0.1, 0.15) is 22.8 Å². The lowest BCUT2D eigenvalue weighted by Crippen LogP contribution is -2.48. The van der Waals surface area contributed by atoms with Crippen LogP contribution in [0.15, 0.2) is 36.0 Å². The molecule has 0 spiro atoms. The maximum Gasteiger partial charge on any atom is 0.222 e. The molecule has 104 valence electrons. The summed E-state index contributed by atoms with van der Waals surface area (Å²) in [6.07, 6.45) is 3.21. The lowest BCUT2D eigenvalue weighted by Gasteiger charge is -2.39. The van der Waals surface area contributed by atoms with Gasteiger partial charge in [-0.25, -0.2) is 0 Å². The maximum atomic E-state index is 12.0. The summed E-state index contributed by atoms with van der Waals surface area (Å²) in [5, 5.41) is 0.755. The fraction of sp³-hybridized carbons (Fsp3) is 0.333. The molecule has 1 aromatic heterocycles. The Morgan fingerprint density at radius 3 is 2.75 bits per heavy atom. The quantitative estimate of drug-likeness (QED) is 0.868. The normalized spacial score (nSPS) is 15.2. The second-order valence-corrected chi connectivity index (χ2v) is 6.42. The first-order chi connectivity index (χ1) is 9.72. The summed E-state index contributed by atoms with van der Waals surface area (Å²) in [7, 11) is 0. The summed E-state index contributed by atoms with van der Waals surface area (Å²) in [6.45, 7) is 1.65. The Morgan fingerprint density at radius 1 is 1.35 bits per heavy atom. The zero-order valence-corrected chi connectivity index (χ0v) is 12.5. The minimum Gasteiger partial charge on any atom is -0.341 e. The largest absolute Gasteiger partial charge is 0.341 e. The molecular weight excluding hydrogens is 292 g/mol. The molecule has 0 N–H and O–H groups in total. The molecule has 1 amide bonds. The average molecular weight is 307 g/mol. The number of carbonyl (C=O) groups is 1. The monoisotopic (exact) mass is 306 g/mol. The van der Waals surface area contributed by atoms with E-state index in [9.17, 15) is 4.79 Å². The van der Waals surface area contributed by atoms with Gasteiger partial charge in [0.1, 0.15) is 0 Å². The summed E-state index contributed by atoms with van der Waals surface area (Å²) in [6, 6.07) is 7.91. The maximum absolute atomic E-state index is 12.0. The van der Waals surface area contributed by atoms with Crippen LogP contribution in [0.25, 0.3) is 0 Å². The van der Waals surface area contributed by atoms with Crippen LogP contribution in [-0.4, -0.2) is 28.9 Å². The number of aromatic nitrogens is 1. The van der Waals surface area contributed by atoms with Gasteiger partial charge in [-0.05, 0) is 24.1 Å². The number of benzene rings is 1. The van der Waals surface area contributed by atoms with Gasteiger partial charge < -0.3 is 4.90 Å². The van der Waals surface area contributed by atoms with Gasteiger partial charge in [0.2, 0.25) is 5.91 Å². The molecule has 1 fully saturated rings. The van der Waals surface area contributed by atoms with Crippen molar-refractivity contribution in [3.63, 3.8) is 0 Å². The zero-order chi connectivity index (χ0) is 13.9. The molecule has 5 heteroatoms. The number of halogens is 1. The topological polar surface area (TPSA) is 33.2 Å². The van der Waals surface area contributed by atoms with Gasteiger partial charge in [0.05, 0.1) is 5.51 Å². The third kappa shape index (κ3) is 3.02. The van der Waals surface area contributed by atoms with Gasteiger partial charge in [0, 0.05) is 41.5 Å². The fourth-order valence-electron chi connectivity index (χ4n) is 2.38. The smallest absolute Gasteiger partial charge is 0.222 e. The first-order valence-electron chi connectivity index (χ1n) is 6.63. The van der Waals surface area contributed by atoms with Crippen molar-refractivity contribution in [1.29, 1.82) is 0 Å². The van der Waals surface area contributed by atoms with E-state index in [-0.39, 0.29) is 5.91 Å². The number of carbonyl (C=O) groups excluding carboxylic acids is 1. The highest BCUT2D eigenvalue weighted by Gasteiger charge is 2.31. The van der Waals surface area contributed by atoms with Crippen molar-refractivity contribution in [3.8, 4) is 0 Å². The van der Waals surface area contributed by atoms with Crippen LogP contribution in [-0.2, 0) is 11.2 Å². The predicted molar refractivity (Wildman–Crippen MR) is 81.2 cm³/mol. The van der Waals surface area contributed by atoms with E-state index in [1.54, 1.807) is 16.8 Å². The average Bonchev–Trinajstić information content (AvgIpc) is 2.90. The number of hydrogen-bond acceptors (Lipinski definition) is 3. The molecule has 20 heavy (non-hydrogen) atoms. The number of likely N-dealkylation sites (tertiary alicyclic amines) is 1. The molecule has 1 saturated heterocycles. The molecule has 0 atom stereocenters. The molecule has 0 unspecified atom stereocenters. The lowest BCUT2D eigenvalue weighted by atomic mass is 9.91. The zero-order valence-electron chi connectivity index (χ0n) is 11.0. The van der Waals surface area contributed by atoms with Gasteiger partial charge >= 0.3 is 0 Å². The summed E-state index contributed by atoms with van der Waals surface area (Å²) in [4.78, 5) is 19.2. The number of amides is 1. The van der Waals surface area contributed by atoms with Crippen LogP contribution in [0.4, 0.5) is 0 Å². The van der Waals surface area contributed by atoms with Crippen LogP contribution in [0, 0.1) is 0 Å². The minimum absolute atomic E-state index is 0.239. The highest BCUT2D eigenvalue weighted by molar-refractivity contribution is 7.09. The number of nitrogens with zero attached hydrogens (tertiary/aromatic N) is 2. The van der Waals surface area contributed by atoms with E-state index >= 15 is 0 Å². The Morgan fingerprint density at radius 2 is 2.10 bits per heavy atom. The summed E-state index contributed by atoms with van der Waals surface area (Å²) in [5.74, 6) is 0.697. The summed E-state index contributed by atoms with van der Waals surface area (Å²) in [5.41, 5.74) is 3.07. The van der Waals surface area contributed by atoms with Crippen molar-refractivity contribution in [2.75, 3.05) is 13.1 Å². The fourth-order valence-corrected chi connectivity index (χ4v) is 3.11. The Labute approximate surface area is 127 Å². The molecule has 3 nitrogen and oxygen atoms in total. The van der Waals surface area contributed by atoms with E-state index in [0.717, 1.165) is 24.5 Å². The van der Waals surface area contributed by atoms with E-state index in [1.807, 2.05) is 35.4 Å². The molecule has 0 radical (unpaired) electrons. The third-order valence-electron chi connectivity index (χ3n) is 3.64. The van der Waals surface area contributed by atoms with Gasteiger partial charge in [0.15, 0.2) is 0 Å². The van der Waals surface area contributed by atoms with Gasteiger partial charge in [0.25, 0.3) is 0 Å². The minimum atomic E-state index is 0.239. The first-order valence-corrected chi connectivity index (χ1v) is 7.89. The number of rotatable bonds is 4. The molecule has 1 aliphatic heterocycles. The molecule has 1 aliphatic rings. The van der Waals surface area contributed by atoms with Crippen molar-refractivity contribution in [2.24, 2.45) is 0 Å². The van der Waals surface area contributed by atoms with E-state index < -0.39 is 0 Å². The van der Waals surface area contributed by atoms with Crippen molar-refractivity contribution < 1.29 is 4.79 Å². The van der Waals surface area contributed by atoms with E-state index in [1.165, 1.54) is 10.4 Å². The summed E-state index contributed by atoms with van der Waals surface area (Å²) >= 11 is 7.48. The number of hydrogen-bond donors (Lipinski definition) is 0. The Balaban J connectivity index is 1.47. The van der Waals surface area contributed by atoms with Gasteiger partial charge in [-0.3, -0.25) is 9.78 Å². The Kier molecular flexibility index (Phi) is 4.03. The van der Waals surface area contributed by atoms with E-state index in [0.29, 0.717) is 12.3 Å². The molecule has 0 bridgehead atoms. The van der Waals surface area contributed by atoms with Crippen LogP contribution in [0.5, 0.6) is 0 Å². The molecule has 0 saturated carbocycles. The molecule has 0 aliphatic carbocycles. The molecular formula is C15H15ClN2OS. The molecule has 1 aromatic carbocycles. The van der Waals surface area contributed by atoms with Crippen molar-refractivity contribution >= 4 is 28.8 Å². The van der Waals surface area contributed by atoms with Crippen LogP contribution in [0.3, 0.4) is 0 Å². The Bertz CT molecular complexity index is 576. The lowest BCUT2D eigenvalue weighted by molar-refractivity contribution is -0.135. The Hall–Kier alpha value is -1.39. The van der Waals surface area contributed by atoms with Crippen LogP contribution >= 0.6 is 22.9 Å². The molecule has 2 aromatic rings. The van der Waals surface area contributed by atoms with Gasteiger partial charge in [-0.15, -0.1) is 11.3 Å². The standard InChI is InChI=1S/C15H15ClN2OS/c16-13-3-1-11(2-4-13)12-8-18(9-12)15(19)6-5-14-7-17-10-20-14/h1-4,7,10,12H,5-6,8-9H2. The van der Waals surface area contributed by atoms with Crippen molar-refractivity contribution in [2.45, 2.75) is 18.8 Å². The van der Waals surface area contributed by atoms with Crippen molar-refractivity contribution in [1.82, 2.24) is 9.88 Å². The second-order valence-electron chi connectivity index (χ2n) is 5.01. The molecule has 2 heterocycles. The third-order valence-corrected chi connectivity index (χ3v) is 4.74. The first kappa shape index (κ1) is 13.6. The van der Waals surface area contributed by atoms with Crippen molar-refractivity contribution in [3.05, 3.63) is 51.4 Å². The SMILES string of the molecule is O=C(CCc1cncs1)N1CC(c2ccc(Cl)cc2)C1. The second kappa shape index (κ2) is 5.94. The van der Waals surface area contributed by atoms with E-state index in [2.05, 4.69) is 4.98 Å².